The van der Waals surface area contributed by atoms with Crippen molar-refractivity contribution in [3.8, 4) is 11.3 Å². The fraction of sp³-hybridized carbons (Fsp3) is 0.0476. The summed E-state index contributed by atoms with van der Waals surface area (Å²) in [5.74, 6) is 0.346. The molecular weight excluding hydrogens is 428 g/mol. The second-order valence-corrected chi connectivity index (χ2v) is 7.77. The van der Waals surface area contributed by atoms with E-state index >= 15 is 0 Å². The van der Waals surface area contributed by atoms with Gasteiger partial charge in [-0.1, -0.05) is 41.9 Å². The molecule has 1 saturated heterocycles. The molecule has 7 nitrogen and oxygen atoms in total. The highest BCUT2D eigenvalue weighted by molar-refractivity contribution is 8.18. The minimum Gasteiger partial charge on any atom is -0.457 e. The maximum atomic E-state index is 12.7. The number of halogens is 1. The first kappa shape index (κ1) is 19.9. The molecule has 2 aromatic carbocycles. The number of hydrogen-bond acceptors (Lipinski definition) is 6. The normalized spacial score (nSPS) is 15.2. The smallest absolute Gasteiger partial charge is 0.293 e. The summed E-state index contributed by atoms with van der Waals surface area (Å²) in [5, 5.41) is 11.0. The predicted octanol–water partition coefficient (Wildman–Crippen LogP) is 5.74. The third-order valence-corrected chi connectivity index (χ3v) is 5.68. The molecule has 4 rings (SSSR count). The first-order chi connectivity index (χ1) is 14.4. The van der Waals surface area contributed by atoms with Gasteiger partial charge in [0.2, 0.25) is 0 Å². The molecule has 0 unspecified atom stereocenters. The Labute approximate surface area is 180 Å². The Morgan fingerprint density at radius 3 is 2.67 bits per heavy atom. The molecule has 0 spiro atoms. The number of furan rings is 1. The van der Waals surface area contributed by atoms with Gasteiger partial charge in [-0.2, -0.15) is 0 Å². The summed E-state index contributed by atoms with van der Waals surface area (Å²) in [4.78, 5) is 36.8. The largest absolute Gasteiger partial charge is 0.457 e. The van der Waals surface area contributed by atoms with E-state index < -0.39 is 16.1 Å². The Morgan fingerprint density at radius 1 is 1.10 bits per heavy atom. The van der Waals surface area contributed by atoms with E-state index in [1.54, 1.807) is 48.5 Å². The van der Waals surface area contributed by atoms with Crippen molar-refractivity contribution in [1.29, 1.82) is 0 Å². The summed E-state index contributed by atoms with van der Waals surface area (Å²) in [5.41, 5.74) is 1.16. The summed E-state index contributed by atoms with van der Waals surface area (Å²) in [6, 6.07) is 16.3. The van der Waals surface area contributed by atoms with E-state index in [0.717, 1.165) is 16.7 Å². The fourth-order valence-corrected chi connectivity index (χ4v) is 3.93. The van der Waals surface area contributed by atoms with Gasteiger partial charge < -0.3 is 4.42 Å². The third kappa shape index (κ3) is 4.00. The van der Waals surface area contributed by atoms with Crippen molar-refractivity contribution < 1.29 is 18.9 Å². The maximum absolute atomic E-state index is 12.7. The number of nitro benzene ring substituents is 1. The van der Waals surface area contributed by atoms with Gasteiger partial charge in [0.1, 0.15) is 11.5 Å². The zero-order chi connectivity index (χ0) is 21.3. The minimum absolute atomic E-state index is 0.0499. The number of nitro groups is 1. The van der Waals surface area contributed by atoms with Gasteiger partial charge in [0, 0.05) is 28.8 Å². The van der Waals surface area contributed by atoms with Crippen LogP contribution in [0.4, 0.5) is 10.5 Å². The van der Waals surface area contributed by atoms with Crippen LogP contribution in [0.25, 0.3) is 17.4 Å². The number of nitrogens with zero attached hydrogens (tertiary/aromatic N) is 2. The maximum Gasteiger partial charge on any atom is 0.293 e. The highest BCUT2D eigenvalue weighted by Crippen LogP contribution is 2.35. The van der Waals surface area contributed by atoms with E-state index in [0.29, 0.717) is 27.7 Å². The number of hydrogen-bond donors (Lipinski definition) is 0. The Balaban J connectivity index is 1.55. The van der Waals surface area contributed by atoms with Crippen LogP contribution in [-0.4, -0.2) is 21.0 Å². The summed E-state index contributed by atoms with van der Waals surface area (Å²) in [6.07, 6.45) is 1.48. The van der Waals surface area contributed by atoms with Crippen LogP contribution >= 0.6 is 23.4 Å². The van der Waals surface area contributed by atoms with Crippen LogP contribution in [0, 0.1) is 10.1 Å². The number of carbonyl (C=O) groups excluding carboxylic acids is 2. The Morgan fingerprint density at radius 2 is 1.90 bits per heavy atom. The van der Waals surface area contributed by atoms with Crippen molar-refractivity contribution in [3.63, 3.8) is 0 Å². The molecule has 1 fully saturated rings. The van der Waals surface area contributed by atoms with Gasteiger partial charge in [-0.3, -0.25) is 24.6 Å². The van der Waals surface area contributed by atoms with Crippen LogP contribution in [0.2, 0.25) is 5.02 Å². The topological polar surface area (TPSA) is 93.7 Å². The van der Waals surface area contributed by atoms with Crippen LogP contribution < -0.4 is 0 Å². The van der Waals surface area contributed by atoms with Crippen molar-refractivity contribution in [3.05, 3.63) is 92.0 Å². The summed E-state index contributed by atoms with van der Waals surface area (Å²) < 4.78 is 5.71. The zero-order valence-electron chi connectivity index (χ0n) is 15.3. The Kier molecular flexibility index (Phi) is 5.43. The number of non-ortho nitro benzene ring substituents is 1. The molecule has 0 N–H and O–H groups in total. The average Bonchev–Trinajstić information content (AvgIpc) is 3.30. The SMILES string of the molecule is O=C1S/C(=C/c2ccc(-c3cccc([N+](=O)[O-])c3)o2)C(=O)N1Cc1ccccc1Cl. The highest BCUT2D eigenvalue weighted by Gasteiger charge is 2.35. The quantitative estimate of drug-likeness (QED) is 0.285. The molecule has 2 amide bonds. The second-order valence-electron chi connectivity index (χ2n) is 6.37. The Bertz CT molecular complexity index is 1200. The number of carbonyl (C=O) groups is 2. The van der Waals surface area contributed by atoms with Gasteiger partial charge in [0.15, 0.2) is 0 Å². The van der Waals surface area contributed by atoms with Crippen molar-refractivity contribution >= 4 is 46.3 Å². The lowest BCUT2D eigenvalue weighted by Gasteiger charge is -2.13. The lowest BCUT2D eigenvalue weighted by atomic mass is 10.1. The first-order valence-corrected chi connectivity index (χ1v) is 9.95. The van der Waals surface area contributed by atoms with Crippen LogP contribution in [0.1, 0.15) is 11.3 Å². The molecule has 2 heterocycles. The first-order valence-electron chi connectivity index (χ1n) is 8.76. The molecule has 0 bridgehead atoms. The van der Waals surface area contributed by atoms with E-state index in [2.05, 4.69) is 0 Å². The standard InChI is InChI=1S/C21H13ClN2O5S/c22-17-7-2-1-4-14(17)12-23-20(25)19(30-21(23)26)11-16-8-9-18(29-16)13-5-3-6-15(10-13)24(27)28/h1-11H,12H2/b19-11+. The van der Waals surface area contributed by atoms with Crippen LogP contribution in [0.5, 0.6) is 0 Å². The monoisotopic (exact) mass is 440 g/mol. The molecule has 30 heavy (non-hydrogen) atoms. The second kappa shape index (κ2) is 8.17. The molecule has 150 valence electrons. The van der Waals surface area contributed by atoms with Gasteiger partial charge in [0.05, 0.1) is 16.4 Å². The molecule has 3 aromatic rings. The van der Waals surface area contributed by atoms with Gasteiger partial charge >= 0.3 is 0 Å². The molecule has 0 saturated carbocycles. The summed E-state index contributed by atoms with van der Waals surface area (Å²) >= 11 is 6.95. The van der Waals surface area contributed by atoms with Crippen LogP contribution in [0.3, 0.4) is 0 Å². The molecule has 9 heteroatoms. The number of amides is 2. The van der Waals surface area contributed by atoms with Gasteiger partial charge in [0.25, 0.3) is 16.8 Å². The number of imide groups is 1. The van der Waals surface area contributed by atoms with Crippen LogP contribution in [-0.2, 0) is 11.3 Å². The number of benzene rings is 2. The van der Waals surface area contributed by atoms with E-state index in [-0.39, 0.29) is 17.1 Å². The average molecular weight is 441 g/mol. The fourth-order valence-electron chi connectivity index (χ4n) is 2.92. The molecule has 1 aliphatic rings. The molecular formula is C21H13ClN2O5S. The van der Waals surface area contributed by atoms with Crippen molar-refractivity contribution in [2.24, 2.45) is 0 Å². The molecule has 1 aromatic heterocycles. The van der Waals surface area contributed by atoms with Crippen molar-refractivity contribution in [2.45, 2.75) is 6.54 Å². The lowest BCUT2D eigenvalue weighted by Crippen LogP contribution is -2.27. The highest BCUT2D eigenvalue weighted by atomic mass is 35.5. The van der Waals surface area contributed by atoms with Gasteiger partial charge in [-0.15, -0.1) is 0 Å². The number of rotatable bonds is 5. The van der Waals surface area contributed by atoms with Crippen molar-refractivity contribution in [1.82, 2.24) is 4.90 Å². The predicted molar refractivity (Wildman–Crippen MR) is 114 cm³/mol. The van der Waals surface area contributed by atoms with Gasteiger partial charge in [-0.05, 0) is 35.5 Å². The van der Waals surface area contributed by atoms with E-state index in [1.165, 1.54) is 18.2 Å². The van der Waals surface area contributed by atoms with Crippen molar-refractivity contribution in [2.75, 3.05) is 0 Å². The minimum atomic E-state index is -0.484. The number of thioether (sulfide) groups is 1. The van der Waals surface area contributed by atoms with Gasteiger partial charge in [-0.25, -0.2) is 0 Å². The lowest BCUT2D eigenvalue weighted by molar-refractivity contribution is -0.384. The van der Waals surface area contributed by atoms with E-state index in [1.807, 2.05) is 0 Å². The molecule has 0 atom stereocenters. The zero-order valence-corrected chi connectivity index (χ0v) is 16.9. The van der Waals surface area contributed by atoms with Crippen LogP contribution in [0.15, 0.2) is 70.0 Å². The summed E-state index contributed by atoms with van der Waals surface area (Å²) in [7, 11) is 0. The molecule has 0 aliphatic carbocycles. The summed E-state index contributed by atoms with van der Waals surface area (Å²) in [6.45, 7) is 0.0821. The third-order valence-electron chi connectivity index (χ3n) is 4.40. The molecule has 1 aliphatic heterocycles. The molecule has 0 radical (unpaired) electrons. The van der Waals surface area contributed by atoms with E-state index in [4.69, 9.17) is 16.0 Å². The van der Waals surface area contributed by atoms with E-state index in [9.17, 15) is 19.7 Å². The Hall–Kier alpha value is -3.36.